The Morgan fingerprint density at radius 2 is 1.59 bits per heavy atom. The quantitative estimate of drug-likeness (QED) is 0.161. The van der Waals surface area contributed by atoms with Crippen LogP contribution in [0.1, 0.15) is 5.56 Å². The maximum atomic E-state index is 13.4. The van der Waals surface area contributed by atoms with Crippen molar-refractivity contribution in [3.8, 4) is 5.75 Å². The van der Waals surface area contributed by atoms with Crippen molar-refractivity contribution in [3.05, 3.63) is 75.2 Å². The summed E-state index contributed by atoms with van der Waals surface area (Å²) in [5.74, 6) is 0.230. The van der Waals surface area contributed by atoms with Crippen molar-refractivity contribution in [2.24, 2.45) is 0 Å². The number of nitrogens with zero attached hydrogens (tertiary/aromatic N) is 1. The van der Waals surface area contributed by atoms with Crippen LogP contribution in [0.15, 0.2) is 54.6 Å². The number of benzene rings is 3. The Kier molecular flexibility index (Phi) is 8.21. The lowest BCUT2D eigenvalue weighted by atomic mass is 10.1. The number of hydrogen-bond acceptors (Lipinski definition) is 5. The third-order valence-electron chi connectivity index (χ3n) is 5.00. The van der Waals surface area contributed by atoms with Crippen LogP contribution in [0.2, 0.25) is 15.1 Å². The molecule has 7 nitrogen and oxygen atoms in total. The molecule has 4 rings (SSSR count). The van der Waals surface area contributed by atoms with E-state index in [4.69, 9.17) is 39.5 Å². The number of fused-ring (bicyclic) bond motifs is 1. The molecule has 194 valence electrons. The van der Waals surface area contributed by atoms with Gasteiger partial charge in [-0.05, 0) is 54.6 Å². The van der Waals surface area contributed by atoms with E-state index in [1.807, 2.05) is 0 Å². The minimum absolute atomic E-state index is 0.0268. The van der Waals surface area contributed by atoms with E-state index in [9.17, 15) is 18.0 Å². The summed E-state index contributed by atoms with van der Waals surface area (Å²) in [5.41, 5.74) is 0.534. The first-order valence-electron chi connectivity index (χ1n) is 10.8. The van der Waals surface area contributed by atoms with Gasteiger partial charge in [0.25, 0.3) is 5.91 Å². The summed E-state index contributed by atoms with van der Waals surface area (Å²) in [6, 6.07) is 12.8. The topological polar surface area (TPSA) is 91.1 Å². The van der Waals surface area contributed by atoms with E-state index < -0.39 is 24.3 Å². The zero-order valence-electron chi connectivity index (χ0n) is 18.8. The number of amides is 1. The molecule has 4 N–H and O–H groups in total. The molecule has 13 heteroatoms. The molecule has 0 aliphatic carbocycles. The van der Waals surface area contributed by atoms with Crippen LogP contribution < -0.4 is 20.7 Å². The van der Waals surface area contributed by atoms with Gasteiger partial charge in [0.1, 0.15) is 5.75 Å². The van der Waals surface area contributed by atoms with Crippen molar-refractivity contribution < 1.29 is 22.7 Å². The number of imidazole rings is 1. The highest BCUT2D eigenvalue weighted by Gasteiger charge is 2.31. The van der Waals surface area contributed by atoms with E-state index in [-0.39, 0.29) is 17.9 Å². The maximum absolute atomic E-state index is 13.4. The minimum atomic E-state index is -4.61. The standard InChI is InChI=1S/C24H19Cl3F3N5O2/c25-14-1-3-17(4-2-14)37-12-22(36)33-16-8-13(24(28,29)30)7-15(9-16)31-5-6-32-23-34-20-10-18(26)19(27)11-21(20)35-23/h1-4,7-11,31H,5-6,12H2,(H,33,36)(H2,32,34,35). The monoisotopic (exact) mass is 571 g/mol. The van der Waals surface area contributed by atoms with Crippen molar-refractivity contribution in [1.29, 1.82) is 0 Å². The molecule has 0 aliphatic heterocycles. The molecule has 0 atom stereocenters. The predicted octanol–water partition coefficient (Wildman–Crippen LogP) is 7.08. The van der Waals surface area contributed by atoms with Crippen molar-refractivity contribution in [3.63, 3.8) is 0 Å². The first kappa shape index (κ1) is 26.7. The van der Waals surface area contributed by atoms with E-state index in [0.29, 0.717) is 44.3 Å². The summed E-state index contributed by atoms with van der Waals surface area (Å²) >= 11 is 17.8. The normalized spacial score (nSPS) is 11.4. The van der Waals surface area contributed by atoms with Gasteiger partial charge < -0.3 is 25.7 Å². The number of ether oxygens (including phenoxy) is 1. The fourth-order valence-electron chi connectivity index (χ4n) is 3.32. The summed E-state index contributed by atoms with van der Waals surface area (Å²) in [7, 11) is 0. The van der Waals surface area contributed by atoms with Crippen LogP contribution in [0.3, 0.4) is 0 Å². The fraction of sp³-hybridized carbons (Fsp3) is 0.167. The van der Waals surface area contributed by atoms with Crippen LogP contribution >= 0.6 is 34.8 Å². The molecule has 0 bridgehead atoms. The number of rotatable bonds is 9. The number of H-pyrrole nitrogens is 1. The second-order valence-corrected chi connectivity index (χ2v) is 9.06. The molecule has 3 aromatic carbocycles. The largest absolute Gasteiger partial charge is 0.484 e. The Morgan fingerprint density at radius 1 is 0.919 bits per heavy atom. The minimum Gasteiger partial charge on any atom is -0.484 e. The summed E-state index contributed by atoms with van der Waals surface area (Å²) in [6.45, 7) is 0.194. The zero-order chi connectivity index (χ0) is 26.6. The number of aromatic amines is 1. The lowest BCUT2D eigenvalue weighted by molar-refractivity contribution is -0.137. The van der Waals surface area contributed by atoms with E-state index in [1.165, 1.54) is 6.07 Å². The van der Waals surface area contributed by atoms with Crippen molar-refractivity contribution >= 4 is 69.1 Å². The first-order valence-corrected chi connectivity index (χ1v) is 11.9. The summed E-state index contributed by atoms with van der Waals surface area (Å²) in [5, 5.41) is 9.65. The van der Waals surface area contributed by atoms with Gasteiger partial charge >= 0.3 is 6.18 Å². The van der Waals surface area contributed by atoms with Gasteiger partial charge in [-0.25, -0.2) is 4.98 Å². The molecule has 0 aliphatic rings. The number of hydrogen-bond donors (Lipinski definition) is 4. The number of nitrogens with one attached hydrogen (secondary N) is 4. The molecule has 0 spiro atoms. The highest BCUT2D eigenvalue weighted by atomic mass is 35.5. The first-order chi connectivity index (χ1) is 17.6. The molecular weight excluding hydrogens is 554 g/mol. The van der Waals surface area contributed by atoms with Gasteiger partial charge in [0, 0.05) is 29.5 Å². The number of halogens is 6. The van der Waals surface area contributed by atoms with Crippen LogP contribution in [0, 0.1) is 0 Å². The molecule has 0 saturated carbocycles. The predicted molar refractivity (Wildman–Crippen MR) is 140 cm³/mol. The van der Waals surface area contributed by atoms with Crippen LogP contribution in [0.5, 0.6) is 5.75 Å². The van der Waals surface area contributed by atoms with Crippen LogP contribution in [-0.4, -0.2) is 35.6 Å². The van der Waals surface area contributed by atoms with Gasteiger partial charge in [0.15, 0.2) is 6.61 Å². The van der Waals surface area contributed by atoms with E-state index >= 15 is 0 Å². The van der Waals surface area contributed by atoms with E-state index in [0.717, 1.165) is 12.1 Å². The van der Waals surface area contributed by atoms with Crippen LogP contribution in [-0.2, 0) is 11.0 Å². The van der Waals surface area contributed by atoms with Gasteiger partial charge in [-0.2, -0.15) is 13.2 Å². The Bertz CT molecular complexity index is 1370. The third kappa shape index (κ3) is 7.34. The Hall–Kier alpha value is -3.34. The molecule has 4 aromatic rings. The van der Waals surface area contributed by atoms with Gasteiger partial charge in [0.2, 0.25) is 5.95 Å². The molecule has 0 saturated heterocycles. The second-order valence-electron chi connectivity index (χ2n) is 7.81. The van der Waals surface area contributed by atoms with Crippen molar-refractivity contribution in [1.82, 2.24) is 9.97 Å². The van der Waals surface area contributed by atoms with Gasteiger partial charge in [-0.1, -0.05) is 34.8 Å². The SMILES string of the molecule is O=C(COc1ccc(Cl)cc1)Nc1cc(NCCNc2nc3cc(Cl)c(Cl)cc3[nH]2)cc(C(F)(F)F)c1. The van der Waals surface area contributed by atoms with Gasteiger partial charge in [-0.3, -0.25) is 4.79 Å². The lowest BCUT2D eigenvalue weighted by Gasteiger charge is -2.15. The number of aromatic nitrogens is 2. The molecule has 1 heterocycles. The molecule has 0 radical (unpaired) electrons. The highest BCUT2D eigenvalue weighted by molar-refractivity contribution is 6.42. The second kappa shape index (κ2) is 11.4. The number of carbonyl (C=O) groups excluding carboxylic acids is 1. The Balaban J connectivity index is 1.36. The molecular formula is C24H19Cl3F3N5O2. The average molecular weight is 573 g/mol. The Labute approximate surface area is 224 Å². The number of carbonyl (C=O) groups is 1. The number of alkyl halides is 3. The summed E-state index contributed by atoms with van der Waals surface area (Å²) in [4.78, 5) is 19.6. The molecule has 37 heavy (non-hydrogen) atoms. The number of anilines is 3. The van der Waals surface area contributed by atoms with Gasteiger partial charge in [0.05, 0.1) is 26.6 Å². The lowest BCUT2D eigenvalue weighted by Crippen LogP contribution is -2.21. The van der Waals surface area contributed by atoms with Crippen molar-refractivity contribution in [2.45, 2.75) is 6.18 Å². The average Bonchev–Trinajstić information content (AvgIpc) is 3.22. The van der Waals surface area contributed by atoms with Crippen LogP contribution in [0.25, 0.3) is 11.0 Å². The van der Waals surface area contributed by atoms with E-state index in [2.05, 4.69) is 25.9 Å². The smallest absolute Gasteiger partial charge is 0.416 e. The van der Waals surface area contributed by atoms with E-state index in [1.54, 1.807) is 36.4 Å². The molecule has 1 aromatic heterocycles. The van der Waals surface area contributed by atoms with Crippen molar-refractivity contribution in [2.75, 3.05) is 35.6 Å². The summed E-state index contributed by atoms with van der Waals surface area (Å²) < 4.78 is 45.6. The molecule has 0 unspecified atom stereocenters. The maximum Gasteiger partial charge on any atom is 0.416 e. The molecule has 0 fully saturated rings. The van der Waals surface area contributed by atoms with Gasteiger partial charge in [-0.15, -0.1) is 0 Å². The molecule has 1 amide bonds. The fourth-order valence-corrected chi connectivity index (χ4v) is 3.77. The summed E-state index contributed by atoms with van der Waals surface area (Å²) in [6.07, 6.45) is -4.61. The highest BCUT2D eigenvalue weighted by Crippen LogP contribution is 2.33. The Morgan fingerprint density at radius 3 is 2.32 bits per heavy atom. The zero-order valence-corrected chi connectivity index (χ0v) is 21.1. The van der Waals surface area contributed by atoms with Crippen LogP contribution in [0.4, 0.5) is 30.5 Å². The third-order valence-corrected chi connectivity index (χ3v) is 5.97.